The van der Waals surface area contributed by atoms with E-state index in [1.807, 2.05) is 31.3 Å². The summed E-state index contributed by atoms with van der Waals surface area (Å²) in [5.74, 6) is -0.0812. The molecule has 0 radical (unpaired) electrons. The summed E-state index contributed by atoms with van der Waals surface area (Å²) in [6.45, 7) is 5.11. The van der Waals surface area contributed by atoms with Gasteiger partial charge in [-0.05, 0) is 25.6 Å². The summed E-state index contributed by atoms with van der Waals surface area (Å²) in [5.41, 5.74) is 1.76. The molecule has 2 rings (SSSR count). The third-order valence-electron chi connectivity index (χ3n) is 3.31. The largest absolute Gasteiger partial charge is 0.383 e. The van der Waals surface area contributed by atoms with Gasteiger partial charge in [0.05, 0.1) is 18.0 Å². The van der Waals surface area contributed by atoms with Gasteiger partial charge in [0, 0.05) is 19.6 Å². The van der Waals surface area contributed by atoms with Gasteiger partial charge >= 0.3 is 0 Å². The molecule has 2 N–H and O–H groups in total. The molecule has 0 bridgehead atoms. The van der Waals surface area contributed by atoms with Gasteiger partial charge in [0.2, 0.25) is 0 Å². The molecule has 5 heteroatoms. The Hall–Kier alpha value is -1.59. The Morgan fingerprint density at radius 3 is 2.85 bits per heavy atom. The lowest BCUT2D eigenvalue weighted by Crippen LogP contribution is -2.46. The highest BCUT2D eigenvalue weighted by molar-refractivity contribution is 5.97. The average molecular weight is 277 g/mol. The molecule has 0 saturated carbocycles. The van der Waals surface area contributed by atoms with Crippen molar-refractivity contribution in [1.29, 1.82) is 0 Å². The van der Waals surface area contributed by atoms with Gasteiger partial charge in [-0.3, -0.25) is 4.79 Å². The maximum atomic E-state index is 12.2. The first-order valence-electron chi connectivity index (χ1n) is 7.14. The first kappa shape index (κ1) is 14.8. The Bertz CT molecular complexity index is 450. The van der Waals surface area contributed by atoms with Crippen molar-refractivity contribution >= 4 is 17.3 Å². The number of morpholine rings is 1. The van der Waals surface area contributed by atoms with E-state index in [-0.39, 0.29) is 5.91 Å². The van der Waals surface area contributed by atoms with Crippen LogP contribution in [0.5, 0.6) is 0 Å². The Labute approximate surface area is 120 Å². The number of anilines is 2. The van der Waals surface area contributed by atoms with Crippen LogP contribution < -0.4 is 10.6 Å². The fourth-order valence-electron chi connectivity index (χ4n) is 2.16. The minimum atomic E-state index is -0.395. The molecule has 1 unspecified atom stereocenters. The zero-order valence-corrected chi connectivity index (χ0v) is 12.2. The van der Waals surface area contributed by atoms with Gasteiger partial charge in [-0.25, -0.2) is 0 Å². The Morgan fingerprint density at radius 1 is 1.40 bits per heavy atom. The van der Waals surface area contributed by atoms with E-state index in [0.717, 1.165) is 30.9 Å². The molecule has 1 aliphatic rings. The number of benzene rings is 1. The van der Waals surface area contributed by atoms with Crippen molar-refractivity contribution in [3.05, 3.63) is 24.3 Å². The zero-order valence-electron chi connectivity index (χ0n) is 12.2. The molecule has 0 aliphatic carbocycles. The van der Waals surface area contributed by atoms with E-state index in [9.17, 15) is 4.79 Å². The lowest BCUT2D eigenvalue weighted by atomic mass is 10.2. The van der Waals surface area contributed by atoms with Crippen molar-refractivity contribution in [2.75, 3.05) is 43.9 Å². The molecule has 1 saturated heterocycles. The van der Waals surface area contributed by atoms with Crippen LogP contribution in [0.1, 0.15) is 13.3 Å². The van der Waals surface area contributed by atoms with Gasteiger partial charge in [0.25, 0.3) is 5.91 Å². The van der Waals surface area contributed by atoms with E-state index in [2.05, 4.69) is 22.5 Å². The van der Waals surface area contributed by atoms with E-state index in [0.29, 0.717) is 13.2 Å². The minimum Gasteiger partial charge on any atom is -0.383 e. The predicted octanol–water partition coefficient (Wildman–Crippen LogP) is 1.78. The third-order valence-corrected chi connectivity index (χ3v) is 3.31. The fourth-order valence-corrected chi connectivity index (χ4v) is 2.16. The maximum absolute atomic E-state index is 12.2. The highest BCUT2D eigenvalue weighted by Gasteiger charge is 2.25. The van der Waals surface area contributed by atoms with E-state index in [1.54, 1.807) is 0 Å². The molecule has 1 amide bonds. The van der Waals surface area contributed by atoms with Crippen LogP contribution in [0.2, 0.25) is 0 Å². The maximum Gasteiger partial charge on any atom is 0.254 e. The lowest BCUT2D eigenvalue weighted by Gasteiger charge is -2.29. The predicted molar refractivity (Wildman–Crippen MR) is 81.1 cm³/mol. The molecule has 0 spiro atoms. The average Bonchev–Trinajstić information content (AvgIpc) is 2.46. The third kappa shape index (κ3) is 3.95. The van der Waals surface area contributed by atoms with Crippen LogP contribution in [0.15, 0.2) is 24.3 Å². The summed E-state index contributed by atoms with van der Waals surface area (Å²) < 4.78 is 5.53. The van der Waals surface area contributed by atoms with Gasteiger partial charge < -0.3 is 20.3 Å². The van der Waals surface area contributed by atoms with Crippen molar-refractivity contribution in [2.24, 2.45) is 0 Å². The Kier molecular flexibility index (Phi) is 5.38. The van der Waals surface area contributed by atoms with Crippen molar-refractivity contribution < 1.29 is 9.53 Å². The van der Waals surface area contributed by atoms with E-state index in [4.69, 9.17) is 4.74 Å². The van der Waals surface area contributed by atoms with Crippen LogP contribution in [-0.2, 0) is 9.53 Å². The quantitative estimate of drug-likeness (QED) is 0.861. The van der Waals surface area contributed by atoms with Crippen molar-refractivity contribution in [2.45, 2.75) is 19.4 Å². The number of likely N-dealkylation sites (N-methyl/N-ethyl adjacent to an activating group) is 1. The van der Waals surface area contributed by atoms with E-state index >= 15 is 0 Å². The topological polar surface area (TPSA) is 53.6 Å². The molecule has 1 aliphatic heterocycles. The SMILES string of the molecule is CCCNc1ccccc1NC(=O)C1CN(C)CCO1. The lowest BCUT2D eigenvalue weighted by molar-refractivity contribution is -0.132. The Morgan fingerprint density at radius 2 is 2.15 bits per heavy atom. The monoisotopic (exact) mass is 277 g/mol. The molecule has 5 nitrogen and oxygen atoms in total. The molecular formula is C15H23N3O2. The molecule has 1 atom stereocenters. The number of carbonyl (C=O) groups excluding carboxylic acids is 1. The Balaban J connectivity index is 1.99. The summed E-state index contributed by atoms with van der Waals surface area (Å²) in [4.78, 5) is 14.4. The van der Waals surface area contributed by atoms with Crippen molar-refractivity contribution in [3.63, 3.8) is 0 Å². The number of hydrogen-bond acceptors (Lipinski definition) is 4. The number of para-hydroxylation sites is 2. The smallest absolute Gasteiger partial charge is 0.254 e. The molecule has 110 valence electrons. The molecule has 1 aromatic carbocycles. The normalized spacial score (nSPS) is 19.6. The number of nitrogens with one attached hydrogen (secondary N) is 2. The van der Waals surface area contributed by atoms with Gasteiger partial charge in [-0.2, -0.15) is 0 Å². The summed E-state index contributed by atoms with van der Waals surface area (Å²) in [5, 5.41) is 6.27. The summed E-state index contributed by atoms with van der Waals surface area (Å²) in [6, 6.07) is 7.75. The standard InChI is InChI=1S/C15H23N3O2/c1-3-8-16-12-6-4-5-7-13(12)17-15(19)14-11-18(2)9-10-20-14/h4-7,14,16H,3,8-11H2,1-2H3,(H,17,19). The van der Waals surface area contributed by atoms with Gasteiger partial charge in [-0.15, -0.1) is 0 Å². The summed E-state index contributed by atoms with van der Waals surface area (Å²) in [7, 11) is 2.00. The summed E-state index contributed by atoms with van der Waals surface area (Å²) in [6.07, 6.45) is 0.645. The van der Waals surface area contributed by atoms with Crippen molar-refractivity contribution in [3.8, 4) is 0 Å². The number of rotatable bonds is 5. The van der Waals surface area contributed by atoms with E-state index < -0.39 is 6.10 Å². The van der Waals surface area contributed by atoms with Gasteiger partial charge in [0.15, 0.2) is 0 Å². The fraction of sp³-hybridized carbons (Fsp3) is 0.533. The molecule has 0 aromatic heterocycles. The molecule has 1 fully saturated rings. The van der Waals surface area contributed by atoms with Crippen LogP contribution in [0.25, 0.3) is 0 Å². The first-order valence-corrected chi connectivity index (χ1v) is 7.14. The van der Waals surface area contributed by atoms with Gasteiger partial charge in [0.1, 0.15) is 6.10 Å². The summed E-state index contributed by atoms with van der Waals surface area (Å²) >= 11 is 0. The highest BCUT2D eigenvalue weighted by Crippen LogP contribution is 2.21. The van der Waals surface area contributed by atoms with Crippen molar-refractivity contribution in [1.82, 2.24) is 4.90 Å². The second kappa shape index (κ2) is 7.26. The van der Waals surface area contributed by atoms with Gasteiger partial charge in [-0.1, -0.05) is 19.1 Å². The number of nitrogens with zero attached hydrogens (tertiary/aromatic N) is 1. The second-order valence-electron chi connectivity index (χ2n) is 5.08. The molecule has 1 aromatic rings. The van der Waals surface area contributed by atoms with Crippen LogP contribution in [0.4, 0.5) is 11.4 Å². The number of amides is 1. The zero-order chi connectivity index (χ0) is 14.4. The number of hydrogen-bond donors (Lipinski definition) is 2. The first-order chi connectivity index (χ1) is 9.70. The molecule has 1 heterocycles. The molecular weight excluding hydrogens is 254 g/mol. The minimum absolute atomic E-state index is 0.0812. The van der Waals surface area contributed by atoms with Crippen LogP contribution in [-0.4, -0.2) is 50.2 Å². The second-order valence-corrected chi connectivity index (χ2v) is 5.08. The number of carbonyl (C=O) groups is 1. The van der Waals surface area contributed by atoms with Crippen LogP contribution in [0.3, 0.4) is 0 Å². The van der Waals surface area contributed by atoms with E-state index in [1.165, 1.54) is 0 Å². The highest BCUT2D eigenvalue weighted by atomic mass is 16.5. The van der Waals surface area contributed by atoms with Crippen LogP contribution in [0, 0.1) is 0 Å². The molecule has 20 heavy (non-hydrogen) atoms. The van der Waals surface area contributed by atoms with Crippen LogP contribution >= 0.6 is 0 Å². The number of ether oxygens (including phenoxy) is 1.